The number of amides is 1. The number of halogens is 3. The summed E-state index contributed by atoms with van der Waals surface area (Å²) < 4.78 is 28.8. The first-order valence-corrected chi connectivity index (χ1v) is 7.81. The number of aryl methyl sites for hydroxylation is 1. The van der Waals surface area contributed by atoms with Crippen molar-refractivity contribution in [3.05, 3.63) is 47.9 Å². The van der Waals surface area contributed by atoms with Crippen molar-refractivity contribution in [2.75, 3.05) is 0 Å². The molecule has 1 aromatic heterocycles. The number of allylic oxidation sites excluding steroid dienone is 1. The summed E-state index contributed by atoms with van der Waals surface area (Å²) in [5, 5.41) is 3.06. The third-order valence-corrected chi connectivity index (χ3v) is 4.77. The quantitative estimate of drug-likeness (QED) is 0.657. The molecule has 1 fully saturated rings. The number of benzene rings is 1. The summed E-state index contributed by atoms with van der Waals surface area (Å²) >= 11 is 6.22. The van der Waals surface area contributed by atoms with E-state index in [9.17, 15) is 13.6 Å². The zero-order chi connectivity index (χ0) is 16.7. The molecule has 1 aliphatic rings. The summed E-state index contributed by atoms with van der Waals surface area (Å²) in [5.74, 6) is -0.699. The monoisotopic (exact) mass is 338 g/mol. The number of nitrogens with zero attached hydrogens (tertiary/aromatic N) is 1. The van der Waals surface area contributed by atoms with Crippen molar-refractivity contribution in [3.63, 3.8) is 0 Å². The van der Waals surface area contributed by atoms with E-state index < -0.39 is 12.2 Å². The van der Waals surface area contributed by atoms with E-state index in [1.807, 2.05) is 0 Å². The van der Waals surface area contributed by atoms with Crippen LogP contribution in [0.3, 0.4) is 0 Å². The zero-order valence-corrected chi connectivity index (χ0v) is 13.4. The van der Waals surface area contributed by atoms with Crippen LogP contribution < -0.4 is 5.32 Å². The molecule has 3 unspecified atom stereocenters. The number of aromatic nitrogens is 1. The topological polar surface area (TPSA) is 34.0 Å². The number of carbonyl (C=O) groups excluding carboxylic acids is 1. The predicted octanol–water partition coefficient (Wildman–Crippen LogP) is 3.71. The van der Waals surface area contributed by atoms with E-state index in [1.165, 1.54) is 12.1 Å². The Bertz CT molecular complexity index is 786. The minimum absolute atomic E-state index is 0.123. The minimum atomic E-state index is -1.16. The molecular formula is C17H17ClF2N2O. The summed E-state index contributed by atoms with van der Waals surface area (Å²) in [5.41, 5.74) is 1.51. The highest BCUT2D eigenvalue weighted by Crippen LogP contribution is 2.30. The van der Waals surface area contributed by atoms with Gasteiger partial charge in [0, 0.05) is 31.1 Å². The Labute approximate surface area is 137 Å². The van der Waals surface area contributed by atoms with Crippen molar-refractivity contribution < 1.29 is 13.6 Å². The molecule has 1 aliphatic carbocycles. The smallest absolute Gasteiger partial charge is 0.253 e. The zero-order valence-electron chi connectivity index (χ0n) is 12.7. The van der Waals surface area contributed by atoms with E-state index in [-0.39, 0.29) is 23.5 Å². The second kappa shape index (κ2) is 5.96. The van der Waals surface area contributed by atoms with Crippen molar-refractivity contribution >= 4 is 28.4 Å². The molecule has 0 spiro atoms. The molecule has 1 saturated carbocycles. The lowest BCUT2D eigenvalue weighted by atomic mass is 9.89. The van der Waals surface area contributed by atoms with E-state index in [2.05, 4.69) is 11.9 Å². The second-order valence-corrected chi connectivity index (χ2v) is 6.54. The maximum Gasteiger partial charge on any atom is 0.253 e. The van der Waals surface area contributed by atoms with Crippen LogP contribution in [0.1, 0.15) is 23.2 Å². The molecule has 0 bridgehead atoms. The van der Waals surface area contributed by atoms with Gasteiger partial charge in [0.1, 0.15) is 12.0 Å². The molecule has 3 atom stereocenters. The first kappa shape index (κ1) is 16.0. The third-order valence-electron chi connectivity index (χ3n) is 4.31. The van der Waals surface area contributed by atoms with Gasteiger partial charge in [-0.15, -0.1) is 11.6 Å². The summed E-state index contributed by atoms with van der Waals surface area (Å²) in [7, 11) is 1.74. The van der Waals surface area contributed by atoms with Crippen LogP contribution in [0.4, 0.5) is 8.78 Å². The number of alkyl halides is 2. The fourth-order valence-corrected chi connectivity index (χ4v) is 3.36. The molecule has 2 aromatic rings. The average molecular weight is 339 g/mol. The van der Waals surface area contributed by atoms with E-state index >= 15 is 0 Å². The van der Waals surface area contributed by atoms with Crippen LogP contribution in [-0.4, -0.2) is 28.1 Å². The van der Waals surface area contributed by atoms with Crippen molar-refractivity contribution in [1.29, 1.82) is 0 Å². The van der Waals surface area contributed by atoms with Crippen LogP contribution in [0.5, 0.6) is 0 Å². The highest BCUT2D eigenvalue weighted by atomic mass is 35.5. The minimum Gasteiger partial charge on any atom is -0.350 e. The molecule has 3 nitrogen and oxygen atoms in total. The van der Waals surface area contributed by atoms with E-state index in [0.29, 0.717) is 28.5 Å². The van der Waals surface area contributed by atoms with E-state index in [4.69, 9.17) is 11.6 Å². The van der Waals surface area contributed by atoms with Crippen LogP contribution in [0, 0.1) is 5.82 Å². The van der Waals surface area contributed by atoms with Crippen molar-refractivity contribution in [2.45, 2.75) is 30.4 Å². The number of hydrogen-bond donors (Lipinski definition) is 1. The molecule has 1 aromatic carbocycles. The van der Waals surface area contributed by atoms with Crippen LogP contribution >= 0.6 is 11.6 Å². The first-order valence-electron chi connectivity index (χ1n) is 7.38. The molecule has 1 N–H and O–H groups in total. The maximum atomic E-state index is 13.8. The SMILES string of the molecule is C=C1CC(Cl)C(NC(=O)c2cn(C)c3cc(F)ccc23)CC1F. The van der Waals surface area contributed by atoms with Gasteiger partial charge in [0.05, 0.1) is 16.5 Å². The molecule has 1 heterocycles. The number of carbonyl (C=O) groups is 1. The van der Waals surface area contributed by atoms with Gasteiger partial charge in [0.25, 0.3) is 5.91 Å². The van der Waals surface area contributed by atoms with Gasteiger partial charge >= 0.3 is 0 Å². The summed E-state index contributed by atoms with van der Waals surface area (Å²) in [4.78, 5) is 12.5. The second-order valence-electron chi connectivity index (χ2n) is 5.98. The lowest BCUT2D eigenvalue weighted by Crippen LogP contribution is -2.46. The van der Waals surface area contributed by atoms with Crippen molar-refractivity contribution in [3.8, 4) is 0 Å². The van der Waals surface area contributed by atoms with Crippen LogP contribution in [-0.2, 0) is 7.05 Å². The Hall–Kier alpha value is -1.88. The largest absolute Gasteiger partial charge is 0.350 e. The summed E-state index contributed by atoms with van der Waals surface area (Å²) in [6.07, 6.45) is 0.945. The Kier molecular flexibility index (Phi) is 4.15. The molecule has 6 heteroatoms. The number of hydrogen-bond acceptors (Lipinski definition) is 1. The van der Waals surface area contributed by atoms with Gasteiger partial charge in [-0.2, -0.15) is 0 Å². The Balaban J connectivity index is 1.85. The van der Waals surface area contributed by atoms with Crippen molar-refractivity contribution in [2.24, 2.45) is 7.05 Å². The Morgan fingerprint density at radius 2 is 2.22 bits per heavy atom. The molecular weight excluding hydrogens is 322 g/mol. The average Bonchev–Trinajstić information content (AvgIpc) is 2.81. The Morgan fingerprint density at radius 1 is 1.48 bits per heavy atom. The lowest BCUT2D eigenvalue weighted by Gasteiger charge is -2.31. The fraction of sp³-hybridized carbons (Fsp3) is 0.353. The molecule has 23 heavy (non-hydrogen) atoms. The highest BCUT2D eigenvalue weighted by molar-refractivity contribution is 6.21. The standard InChI is InChI=1S/C17H17ClF2N2O/c1-9-5-13(18)15(7-14(9)20)21-17(23)12-8-22(2)16-6-10(19)3-4-11(12)16/h3-4,6,8,13-15H,1,5,7H2,2H3,(H,21,23). The van der Waals surface area contributed by atoms with Gasteiger partial charge in [-0.3, -0.25) is 4.79 Å². The van der Waals surface area contributed by atoms with Crippen LogP contribution in [0.2, 0.25) is 0 Å². The molecule has 0 saturated heterocycles. The molecule has 1 amide bonds. The van der Waals surface area contributed by atoms with Crippen LogP contribution in [0.25, 0.3) is 10.9 Å². The summed E-state index contributed by atoms with van der Waals surface area (Å²) in [6, 6.07) is 3.79. The van der Waals surface area contributed by atoms with Gasteiger partial charge in [0.2, 0.25) is 0 Å². The predicted molar refractivity (Wildman–Crippen MR) is 87.0 cm³/mol. The van der Waals surface area contributed by atoms with Gasteiger partial charge in [-0.1, -0.05) is 6.58 Å². The molecule has 0 aliphatic heterocycles. The third kappa shape index (κ3) is 2.98. The summed E-state index contributed by atoms with van der Waals surface area (Å²) in [6.45, 7) is 3.66. The van der Waals surface area contributed by atoms with Gasteiger partial charge in [-0.25, -0.2) is 8.78 Å². The van der Waals surface area contributed by atoms with Crippen LogP contribution in [0.15, 0.2) is 36.5 Å². The molecule has 0 radical (unpaired) electrons. The number of nitrogens with one attached hydrogen (secondary N) is 1. The molecule has 122 valence electrons. The normalized spacial score (nSPS) is 24.9. The molecule has 3 rings (SSSR count). The van der Waals surface area contributed by atoms with Crippen molar-refractivity contribution in [1.82, 2.24) is 9.88 Å². The van der Waals surface area contributed by atoms with Gasteiger partial charge < -0.3 is 9.88 Å². The fourth-order valence-electron chi connectivity index (χ4n) is 2.99. The lowest BCUT2D eigenvalue weighted by molar-refractivity contribution is 0.0925. The van der Waals surface area contributed by atoms with Gasteiger partial charge in [-0.05, 0) is 30.2 Å². The number of rotatable bonds is 2. The van der Waals surface area contributed by atoms with E-state index in [0.717, 1.165) is 0 Å². The highest BCUT2D eigenvalue weighted by Gasteiger charge is 2.33. The first-order chi connectivity index (χ1) is 10.9. The maximum absolute atomic E-state index is 13.8. The van der Waals surface area contributed by atoms with Gasteiger partial charge in [0.15, 0.2) is 0 Å². The number of fused-ring (bicyclic) bond motifs is 1. The van der Waals surface area contributed by atoms with E-state index in [1.54, 1.807) is 23.9 Å². The Morgan fingerprint density at radius 3 is 2.96 bits per heavy atom.